The number of Topliss-reactive ketones (excluding diaryl/α,β-unsaturated/α-hetero) is 3. The van der Waals surface area contributed by atoms with Gasteiger partial charge in [0.1, 0.15) is 17.3 Å². The van der Waals surface area contributed by atoms with E-state index in [9.17, 15) is 14.4 Å². The van der Waals surface area contributed by atoms with Crippen molar-refractivity contribution in [1.82, 2.24) is 0 Å². The van der Waals surface area contributed by atoms with Crippen molar-refractivity contribution in [2.45, 2.75) is 78.1 Å². The monoisotopic (exact) mass is 254 g/mol. The number of unbranched alkanes of at least 4 members (excludes halogenated alkanes) is 4. The van der Waals surface area contributed by atoms with Crippen LogP contribution in [0.3, 0.4) is 0 Å². The molecule has 0 N–H and O–H groups in total. The number of carbonyl (C=O) groups is 3. The second kappa shape index (κ2) is 11.1. The lowest BCUT2D eigenvalue weighted by molar-refractivity contribution is -0.125. The van der Waals surface area contributed by atoms with Crippen molar-refractivity contribution >= 4 is 17.3 Å². The quantitative estimate of drug-likeness (QED) is 0.500. The van der Waals surface area contributed by atoms with Gasteiger partial charge in [0.15, 0.2) is 0 Å². The molecular weight excluding hydrogens is 228 g/mol. The van der Waals surface area contributed by atoms with Crippen molar-refractivity contribution in [2.24, 2.45) is 0 Å². The van der Waals surface area contributed by atoms with Crippen molar-refractivity contribution < 1.29 is 14.4 Å². The maximum atomic E-state index is 11.5. The van der Waals surface area contributed by atoms with Crippen molar-refractivity contribution in [3.05, 3.63) is 0 Å². The second-order valence-electron chi connectivity index (χ2n) is 4.94. The standard InChI is InChI=1S/C15H26O3/c1-3-4-5-6-7-8-14(17)11-12-15(18)10-9-13(2)16/h3-12H2,1-2H3. The molecule has 0 aromatic rings. The Morgan fingerprint density at radius 2 is 1.17 bits per heavy atom. The Morgan fingerprint density at radius 1 is 0.667 bits per heavy atom. The van der Waals surface area contributed by atoms with Gasteiger partial charge < -0.3 is 4.79 Å². The van der Waals surface area contributed by atoms with Gasteiger partial charge in [0.2, 0.25) is 0 Å². The molecule has 3 nitrogen and oxygen atoms in total. The zero-order valence-corrected chi connectivity index (χ0v) is 11.8. The van der Waals surface area contributed by atoms with E-state index in [4.69, 9.17) is 0 Å². The zero-order valence-electron chi connectivity index (χ0n) is 11.8. The van der Waals surface area contributed by atoms with E-state index in [-0.39, 0.29) is 17.3 Å². The minimum Gasteiger partial charge on any atom is -0.300 e. The zero-order chi connectivity index (χ0) is 13.8. The van der Waals surface area contributed by atoms with Crippen LogP contribution in [-0.2, 0) is 14.4 Å². The Balaban J connectivity index is 3.46. The normalized spacial score (nSPS) is 10.3. The van der Waals surface area contributed by atoms with Crippen LogP contribution >= 0.6 is 0 Å². The number of hydrogen-bond acceptors (Lipinski definition) is 3. The van der Waals surface area contributed by atoms with E-state index in [1.165, 1.54) is 26.2 Å². The highest BCUT2D eigenvalue weighted by atomic mass is 16.1. The summed E-state index contributed by atoms with van der Waals surface area (Å²) < 4.78 is 0. The molecule has 18 heavy (non-hydrogen) atoms. The lowest BCUT2D eigenvalue weighted by Crippen LogP contribution is -2.05. The van der Waals surface area contributed by atoms with Gasteiger partial charge in [-0.1, -0.05) is 32.6 Å². The third-order valence-electron chi connectivity index (χ3n) is 3.00. The Labute approximate surface area is 110 Å². The van der Waals surface area contributed by atoms with E-state index in [1.807, 2.05) is 0 Å². The van der Waals surface area contributed by atoms with Gasteiger partial charge in [-0.3, -0.25) is 9.59 Å². The van der Waals surface area contributed by atoms with E-state index in [1.54, 1.807) is 0 Å². The molecule has 0 aromatic heterocycles. The van der Waals surface area contributed by atoms with Crippen molar-refractivity contribution in [2.75, 3.05) is 0 Å². The first-order chi connectivity index (χ1) is 8.56. The molecule has 0 saturated heterocycles. The fourth-order valence-corrected chi connectivity index (χ4v) is 1.77. The minimum atomic E-state index is 0.0320. The van der Waals surface area contributed by atoms with Crippen molar-refractivity contribution in [1.29, 1.82) is 0 Å². The smallest absolute Gasteiger partial charge is 0.133 e. The molecule has 0 aliphatic rings. The predicted molar refractivity (Wildman–Crippen MR) is 72.5 cm³/mol. The molecule has 0 rings (SSSR count). The Bertz CT molecular complexity index is 269. The summed E-state index contributed by atoms with van der Waals surface area (Å²) in [4.78, 5) is 33.6. The van der Waals surface area contributed by atoms with Crippen LogP contribution in [-0.4, -0.2) is 17.3 Å². The van der Waals surface area contributed by atoms with Crippen LogP contribution in [0.2, 0.25) is 0 Å². The Morgan fingerprint density at radius 3 is 1.72 bits per heavy atom. The molecule has 0 heterocycles. The molecule has 0 aliphatic heterocycles. The molecule has 0 fully saturated rings. The van der Waals surface area contributed by atoms with Gasteiger partial charge in [-0.15, -0.1) is 0 Å². The van der Waals surface area contributed by atoms with Gasteiger partial charge in [-0.2, -0.15) is 0 Å². The van der Waals surface area contributed by atoms with Gasteiger partial charge in [0.05, 0.1) is 0 Å². The molecule has 0 atom stereocenters. The third kappa shape index (κ3) is 11.5. The topological polar surface area (TPSA) is 51.2 Å². The lowest BCUT2D eigenvalue weighted by atomic mass is 10.0. The number of rotatable bonds is 12. The summed E-state index contributed by atoms with van der Waals surface area (Å²) in [5.74, 6) is 0.248. The van der Waals surface area contributed by atoms with E-state index in [0.29, 0.717) is 32.1 Å². The third-order valence-corrected chi connectivity index (χ3v) is 3.00. The first-order valence-corrected chi connectivity index (χ1v) is 7.09. The molecule has 0 unspecified atom stereocenters. The van der Waals surface area contributed by atoms with E-state index < -0.39 is 0 Å². The SMILES string of the molecule is CCCCCCCC(=O)CCC(=O)CCC(C)=O. The van der Waals surface area contributed by atoms with Crippen LogP contribution in [0.5, 0.6) is 0 Å². The fourth-order valence-electron chi connectivity index (χ4n) is 1.77. The molecule has 0 amide bonds. The number of hydrogen-bond donors (Lipinski definition) is 0. The van der Waals surface area contributed by atoms with Crippen LogP contribution in [0.4, 0.5) is 0 Å². The molecule has 104 valence electrons. The molecule has 0 radical (unpaired) electrons. The number of carbonyl (C=O) groups excluding carboxylic acids is 3. The van der Waals surface area contributed by atoms with Crippen LogP contribution < -0.4 is 0 Å². The molecular formula is C15H26O3. The first kappa shape index (κ1) is 17.0. The summed E-state index contributed by atoms with van der Waals surface area (Å²) >= 11 is 0. The van der Waals surface area contributed by atoms with Crippen LogP contribution in [0.1, 0.15) is 78.1 Å². The highest BCUT2D eigenvalue weighted by Crippen LogP contribution is 2.08. The number of ketones is 3. The summed E-state index contributed by atoms with van der Waals surface area (Å²) in [5.41, 5.74) is 0. The molecule has 3 heteroatoms. The maximum Gasteiger partial charge on any atom is 0.133 e. The Hall–Kier alpha value is -0.990. The summed E-state index contributed by atoms with van der Waals surface area (Å²) in [6.07, 6.45) is 7.55. The van der Waals surface area contributed by atoms with Crippen LogP contribution in [0.15, 0.2) is 0 Å². The largest absolute Gasteiger partial charge is 0.300 e. The highest BCUT2D eigenvalue weighted by molar-refractivity contribution is 5.88. The molecule has 0 saturated carbocycles. The average Bonchev–Trinajstić information content (AvgIpc) is 2.33. The minimum absolute atomic E-state index is 0.0320. The molecule has 0 aliphatic carbocycles. The molecule has 0 aromatic carbocycles. The summed E-state index contributed by atoms with van der Waals surface area (Å²) in [6, 6.07) is 0. The van der Waals surface area contributed by atoms with Gasteiger partial charge in [-0.25, -0.2) is 0 Å². The van der Waals surface area contributed by atoms with E-state index >= 15 is 0 Å². The second-order valence-corrected chi connectivity index (χ2v) is 4.94. The van der Waals surface area contributed by atoms with Gasteiger partial charge in [0, 0.05) is 32.1 Å². The van der Waals surface area contributed by atoms with Crippen LogP contribution in [0, 0.1) is 0 Å². The lowest BCUT2D eigenvalue weighted by Gasteiger charge is -2.01. The van der Waals surface area contributed by atoms with Gasteiger partial charge >= 0.3 is 0 Å². The summed E-state index contributed by atoms with van der Waals surface area (Å²) in [6.45, 7) is 3.65. The van der Waals surface area contributed by atoms with Crippen molar-refractivity contribution in [3.8, 4) is 0 Å². The highest BCUT2D eigenvalue weighted by Gasteiger charge is 2.08. The van der Waals surface area contributed by atoms with Gasteiger partial charge in [-0.05, 0) is 13.3 Å². The fraction of sp³-hybridized carbons (Fsp3) is 0.800. The van der Waals surface area contributed by atoms with E-state index in [2.05, 4.69) is 6.92 Å². The molecule has 0 spiro atoms. The average molecular weight is 254 g/mol. The Kier molecular flexibility index (Phi) is 10.5. The molecule has 0 bridgehead atoms. The maximum absolute atomic E-state index is 11.5. The summed E-state index contributed by atoms with van der Waals surface area (Å²) in [7, 11) is 0. The van der Waals surface area contributed by atoms with Gasteiger partial charge in [0.25, 0.3) is 0 Å². The predicted octanol–water partition coefficient (Wildman–Crippen LogP) is 3.63. The summed E-state index contributed by atoms with van der Waals surface area (Å²) in [5, 5.41) is 0. The van der Waals surface area contributed by atoms with Crippen LogP contribution in [0.25, 0.3) is 0 Å². The van der Waals surface area contributed by atoms with E-state index in [0.717, 1.165) is 12.8 Å². The van der Waals surface area contributed by atoms with Crippen molar-refractivity contribution in [3.63, 3.8) is 0 Å². The first-order valence-electron chi connectivity index (χ1n) is 7.09.